The molecule has 0 aliphatic rings. The predicted octanol–water partition coefficient (Wildman–Crippen LogP) is 3.67. The van der Waals surface area contributed by atoms with Gasteiger partial charge in [-0.25, -0.2) is 4.89 Å². The van der Waals surface area contributed by atoms with Crippen molar-refractivity contribution in [2.24, 2.45) is 0 Å². The molecule has 128 valence electrons. The first kappa shape index (κ1) is 20.8. The summed E-state index contributed by atoms with van der Waals surface area (Å²) in [5, 5.41) is 0. The Morgan fingerprint density at radius 2 is 1.29 bits per heavy atom. The minimum Gasteiger partial charge on any atom is -0.379 e. The van der Waals surface area contributed by atoms with E-state index in [0.29, 0.717) is 6.61 Å². The standard InChI is InChI=1S/C14H30O6S/c1-2-3-4-5-6-7-8-9-10-11-12-18-13-14-19-20-21(15,16)17/h2-14H2,1H3,(H,15,16,17). The molecular formula is C14H30O6S. The van der Waals surface area contributed by atoms with Gasteiger partial charge in [0, 0.05) is 6.61 Å². The van der Waals surface area contributed by atoms with Crippen molar-refractivity contribution in [2.75, 3.05) is 19.8 Å². The summed E-state index contributed by atoms with van der Waals surface area (Å²) < 4.78 is 37.4. The zero-order chi connectivity index (χ0) is 15.8. The third kappa shape index (κ3) is 19.8. The van der Waals surface area contributed by atoms with Crippen LogP contribution in [-0.2, 0) is 24.4 Å². The maximum Gasteiger partial charge on any atom is 0.424 e. The maximum absolute atomic E-state index is 10.1. The summed E-state index contributed by atoms with van der Waals surface area (Å²) in [6.45, 7) is 3.08. The molecule has 0 rings (SSSR count). The van der Waals surface area contributed by atoms with Crippen LogP contribution in [0.2, 0.25) is 0 Å². The van der Waals surface area contributed by atoms with E-state index in [4.69, 9.17) is 9.29 Å². The number of hydrogen-bond acceptors (Lipinski definition) is 5. The van der Waals surface area contributed by atoms with E-state index in [1.54, 1.807) is 0 Å². The van der Waals surface area contributed by atoms with Crippen LogP contribution in [0.25, 0.3) is 0 Å². The molecule has 0 amide bonds. The van der Waals surface area contributed by atoms with E-state index < -0.39 is 10.4 Å². The molecule has 0 aliphatic carbocycles. The van der Waals surface area contributed by atoms with Gasteiger partial charge in [-0.3, -0.25) is 4.55 Å². The number of rotatable bonds is 16. The molecule has 0 fully saturated rings. The van der Waals surface area contributed by atoms with Crippen LogP contribution in [0.4, 0.5) is 0 Å². The van der Waals surface area contributed by atoms with Crippen molar-refractivity contribution in [2.45, 2.75) is 71.1 Å². The molecule has 21 heavy (non-hydrogen) atoms. The Morgan fingerprint density at radius 1 is 0.762 bits per heavy atom. The Morgan fingerprint density at radius 3 is 1.81 bits per heavy atom. The van der Waals surface area contributed by atoms with Crippen LogP contribution in [0.15, 0.2) is 0 Å². The fourth-order valence-electron chi connectivity index (χ4n) is 1.98. The summed E-state index contributed by atoms with van der Waals surface area (Å²) in [6, 6.07) is 0. The SMILES string of the molecule is CCCCCCCCCCCCOCCOOS(=O)(=O)O. The Labute approximate surface area is 129 Å². The molecule has 0 atom stereocenters. The fraction of sp³-hybridized carbons (Fsp3) is 1.00. The van der Waals surface area contributed by atoms with Crippen molar-refractivity contribution in [3.8, 4) is 0 Å². The molecule has 7 heteroatoms. The van der Waals surface area contributed by atoms with Crippen LogP contribution < -0.4 is 0 Å². The van der Waals surface area contributed by atoms with Crippen molar-refractivity contribution in [3.63, 3.8) is 0 Å². The van der Waals surface area contributed by atoms with E-state index in [2.05, 4.69) is 16.1 Å². The van der Waals surface area contributed by atoms with Gasteiger partial charge in [0.05, 0.1) is 6.61 Å². The summed E-state index contributed by atoms with van der Waals surface area (Å²) in [7, 11) is -4.52. The molecule has 0 saturated carbocycles. The maximum atomic E-state index is 10.1. The molecule has 1 N–H and O–H groups in total. The average molecular weight is 326 g/mol. The fourth-order valence-corrected chi connectivity index (χ4v) is 2.17. The molecule has 0 saturated heterocycles. The smallest absolute Gasteiger partial charge is 0.379 e. The molecule has 0 aromatic carbocycles. The summed E-state index contributed by atoms with van der Waals surface area (Å²) in [6.07, 6.45) is 12.7. The summed E-state index contributed by atoms with van der Waals surface area (Å²) in [5.74, 6) is 0. The van der Waals surface area contributed by atoms with Crippen LogP contribution >= 0.6 is 0 Å². The van der Waals surface area contributed by atoms with E-state index in [0.717, 1.165) is 12.8 Å². The second-order valence-corrected chi connectivity index (χ2v) is 6.10. The lowest BCUT2D eigenvalue weighted by atomic mass is 10.1. The minimum atomic E-state index is -4.52. The van der Waals surface area contributed by atoms with Gasteiger partial charge in [-0.15, -0.1) is 0 Å². The van der Waals surface area contributed by atoms with Gasteiger partial charge >= 0.3 is 10.4 Å². The van der Waals surface area contributed by atoms with Crippen molar-refractivity contribution in [1.82, 2.24) is 0 Å². The quantitative estimate of drug-likeness (QED) is 0.202. The molecule has 0 aliphatic heterocycles. The zero-order valence-corrected chi connectivity index (χ0v) is 13.9. The van der Waals surface area contributed by atoms with Gasteiger partial charge in [-0.2, -0.15) is 8.42 Å². The Hall–Kier alpha value is -0.210. The lowest BCUT2D eigenvalue weighted by molar-refractivity contribution is -0.216. The molecule has 0 aromatic heterocycles. The van der Waals surface area contributed by atoms with Gasteiger partial charge in [-0.1, -0.05) is 69.0 Å². The molecule has 0 radical (unpaired) electrons. The topological polar surface area (TPSA) is 82.1 Å². The van der Waals surface area contributed by atoms with Crippen molar-refractivity contribution >= 4 is 10.4 Å². The Balaban J connectivity index is 3.03. The normalized spacial score (nSPS) is 11.9. The summed E-state index contributed by atoms with van der Waals surface area (Å²) in [5.41, 5.74) is 0. The van der Waals surface area contributed by atoms with Crippen LogP contribution in [0.1, 0.15) is 71.1 Å². The second-order valence-electron chi connectivity index (χ2n) is 5.11. The molecule has 0 aromatic rings. The second kappa shape index (κ2) is 14.7. The highest BCUT2D eigenvalue weighted by atomic mass is 32.3. The highest BCUT2D eigenvalue weighted by Gasteiger charge is 2.04. The highest BCUT2D eigenvalue weighted by molar-refractivity contribution is 7.80. The van der Waals surface area contributed by atoms with Crippen LogP contribution in [0, 0.1) is 0 Å². The third-order valence-electron chi connectivity index (χ3n) is 3.09. The lowest BCUT2D eigenvalue weighted by Crippen LogP contribution is -2.09. The van der Waals surface area contributed by atoms with Gasteiger partial charge < -0.3 is 4.74 Å². The summed E-state index contributed by atoms with van der Waals surface area (Å²) >= 11 is 0. The number of hydrogen-bond donors (Lipinski definition) is 1. The van der Waals surface area contributed by atoms with Gasteiger partial charge in [0.15, 0.2) is 0 Å². The van der Waals surface area contributed by atoms with Crippen molar-refractivity contribution in [1.29, 1.82) is 0 Å². The molecule has 0 unspecified atom stereocenters. The van der Waals surface area contributed by atoms with Crippen LogP contribution in [0.3, 0.4) is 0 Å². The van der Waals surface area contributed by atoms with E-state index in [1.165, 1.54) is 51.4 Å². The van der Waals surface area contributed by atoms with E-state index >= 15 is 0 Å². The van der Waals surface area contributed by atoms with Gasteiger partial charge in [0.2, 0.25) is 0 Å². The molecule has 0 bridgehead atoms. The van der Waals surface area contributed by atoms with Crippen molar-refractivity contribution < 1.29 is 26.9 Å². The highest BCUT2D eigenvalue weighted by Crippen LogP contribution is 2.10. The monoisotopic (exact) mass is 326 g/mol. The average Bonchev–Trinajstić information content (AvgIpc) is 2.42. The predicted molar refractivity (Wildman–Crippen MR) is 81.2 cm³/mol. The van der Waals surface area contributed by atoms with Gasteiger partial charge in [0.1, 0.15) is 6.61 Å². The number of ether oxygens (including phenoxy) is 1. The molecule has 0 heterocycles. The Bertz CT molecular complexity index is 305. The largest absolute Gasteiger partial charge is 0.424 e. The van der Waals surface area contributed by atoms with E-state index in [-0.39, 0.29) is 13.2 Å². The van der Waals surface area contributed by atoms with Gasteiger partial charge in [-0.05, 0) is 6.42 Å². The first-order chi connectivity index (χ1) is 10.1. The van der Waals surface area contributed by atoms with Crippen LogP contribution in [0.5, 0.6) is 0 Å². The summed E-state index contributed by atoms with van der Waals surface area (Å²) in [4.78, 5) is 4.24. The zero-order valence-electron chi connectivity index (χ0n) is 13.1. The van der Waals surface area contributed by atoms with Crippen LogP contribution in [-0.4, -0.2) is 32.8 Å². The third-order valence-corrected chi connectivity index (χ3v) is 3.36. The molecule has 6 nitrogen and oxygen atoms in total. The first-order valence-corrected chi connectivity index (χ1v) is 9.29. The minimum absolute atomic E-state index is 0.0302. The number of unbranched alkanes of at least 4 members (excludes halogenated alkanes) is 9. The first-order valence-electron chi connectivity index (χ1n) is 7.92. The van der Waals surface area contributed by atoms with E-state index in [9.17, 15) is 8.42 Å². The lowest BCUT2D eigenvalue weighted by Gasteiger charge is -2.04. The van der Waals surface area contributed by atoms with Crippen molar-refractivity contribution in [3.05, 3.63) is 0 Å². The molecule has 0 spiro atoms. The molecular weight excluding hydrogens is 296 g/mol. The van der Waals surface area contributed by atoms with E-state index in [1.807, 2.05) is 0 Å². The van der Waals surface area contributed by atoms with Gasteiger partial charge in [0.25, 0.3) is 0 Å². The Kier molecular flexibility index (Phi) is 14.6.